The molecule has 112 valence electrons. The monoisotopic (exact) mass is 311 g/mol. The number of carbonyl (C=O) groups is 1. The third-order valence-corrected chi connectivity index (χ3v) is 4.44. The molecule has 0 aliphatic heterocycles. The van der Waals surface area contributed by atoms with Crippen LogP contribution in [0, 0.1) is 0 Å². The fourth-order valence-electron chi connectivity index (χ4n) is 2.23. The maximum absolute atomic E-state index is 12.2. The predicted octanol–water partition coefficient (Wildman–Crippen LogP) is 3.67. The minimum absolute atomic E-state index is 0.151. The average molecular weight is 311 g/mol. The highest BCUT2D eigenvalue weighted by Gasteiger charge is 2.13. The standard InChI is InChI=1S/C17H17N3OS/c1-12(13-6-3-2-4-7-13)11-18-17(21)15-10-14(19-20-15)16-8-5-9-22-16/h2-10,12H,11H2,1H3,(H,18,21)(H,19,20). The lowest BCUT2D eigenvalue weighted by Crippen LogP contribution is -2.27. The molecule has 0 saturated carbocycles. The van der Waals surface area contributed by atoms with Crippen LogP contribution in [0.1, 0.15) is 28.9 Å². The number of hydrogen-bond donors (Lipinski definition) is 2. The molecule has 5 heteroatoms. The Morgan fingerprint density at radius 1 is 1.27 bits per heavy atom. The minimum Gasteiger partial charge on any atom is -0.350 e. The second-order valence-corrected chi connectivity index (χ2v) is 6.11. The van der Waals surface area contributed by atoms with Gasteiger partial charge in [0.05, 0.1) is 10.6 Å². The molecule has 1 amide bonds. The molecule has 2 N–H and O–H groups in total. The predicted molar refractivity (Wildman–Crippen MR) is 89.1 cm³/mol. The van der Waals surface area contributed by atoms with Crippen molar-refractivity contribution in [2.75, 3.05) is 6.54 Å². The number of amides is 1. The van der Waals surface area contributed by atoms with Gasteiger partial charge >= 0.3 is 0 Å². The normalized spacial score (nSPS) is 12.0. The van der Waals surface area contributed by atoms with Crippen molar-refractivity contribution in [3.05, 3.63) is 65.2 Å². The van der Waals surface area contributed by atoms with Crippen LogP contribution in [0.15, 0.2) is 53.9 Å². The molecule has 1 atom stereocenters. The molecule has 1 unspecified atom stereocenters. The molecule has 0 aliphatic carbocycles. The fourth-order valence-corrected chi connectivity index (χ4v) is 2.92. The van der Waals surface area contributed by atoms with Crippen molar-refractivity contribution in [2.24, 2.45) is 0 Å². The summed E-state index contributed by atoms with van der Waals surface area (Å²) in [6, 6.07) is 15.9. The molecule has 0 saturated heterocycles. The third-order valence-electron chi connectivity index (χ3n) is 3.53. The van der Waals surface area contributed by atoms with E-state index >= 15 is 0 Å². The summed E-state index contributed by atoms with van der Waals surface area (Å²) in [5.41, 5.74) is 2.50. The summed E-state index contributed by atoms with van der Waals surface area (Å²) in [7, 11) is 0. The number of H-pyrrole nitrogens is 1. The minimum atomic E-state index is -0.151. The maximum Gasteiger partial charge on any atom is 0.271 e. The Kier molecular flexibility index (Phi) is 4.34. The molecule has 3 rings (SSSR count). The summed E-state index contributed by atoms with van der Waals surface area (Å²) in [4.78, 5) is 13.2. The van der Waals surface area contributed by atoms with Crippen LogP contribution < -0.4 is 5.32 Å². The molecule has 0 bridgehead atoms. The molecule has 0 fully saturated rings. The zero-order valence-electron chi connectivity index (χ0n) is 12.2. The summed E-state index contributed by atoms with van der Waals surface area (Å²) in [6.07, 6.45) is 0. The number of nitrogens with one attached hydrogen (secondary N) is 2. The first-order valence-corrected chi connectivity index (χ1v) is 8.04. The lowest BCUT2D eigenvalue weighted by Gasteiger charge is -2.12. The van der Waals surface area contributed by atoms with Gasteiger partial charge in [-0.15, -0.1) is 11.3 Å². The van der Waals surface area contributed by atoms with Gasteiger partial charge in [-0.2, -0.15) is 5.10 Å². The van der Waals surface area contributed by atoms with Gasteiger partial charge in [-0.05, 0) is 29.0 Å². The number of aromatic amines is 1. The van der Waals surface area contributed by atoms with Crippen molar-refractivity contribution in [3.8, 4) is 10.6 Å². The van der Waals surface area contributed by atoms with Gasteiger partial charge in [-0.1, -0.05) is 43.3 Å². The molecule has 0 spiro atoms. The average Bonchev–Trinajstić information content (AvgIpc) is 3.23. The topological polar surface area (TPSA) is 57.8 Å². The van der Waals surface area contributed by atoms with E-state index in [1.165, 1.54) is 5.56 Å². The Morgan fingerprint density at radius 3 is 2.82 bits per heavy atom. The van der Waals surface area contributed by atoms with Gasteiger partial charge in [0.25, 0.3) is 5.91 Å². The summed E-state index contributed by atoms with van der Waals surface area (Å²) in [6.45, 7) is 2.68. The van der Waals surface area contributed by atoms with E-state index in [0.717, 1.165) is 10.6 Å². The van der Waals surface area contributed by atoms with Gasteiger partial charge in [0, 0.05) is 6.54 Å². The highest BCUT2D eigenvalue weighted by Crippen LogP contribution is 2.22. The van der Waals surface area contributed by atoms with Gasteiger partial charge in [0.15, 0.2) is 5.69 Å². The Morgan fingerprint density at radius 2 is 2.09 bits per heavy atom. The van der Waals surface area contributed by atoms with E-state index in [0.29, 0.717) is 12.2 Å². The van der Waals surface area contributed by atoms with Crippen molar-refractivity contribution < 1.29 is 4.79 Å². The van der Waals surface area contributed by atoms with Crippen LogP contribution in [-0.4, -0.2) is 22.6 Å². The van der Waals surface area contributed by atoms with Crippen LogP contribution in [0.25, 0.3) is 10.6 Å². The Labute approximate surface area is 133 Å². The summed E-state index contributed by atoms with van der Waals surface area (Å²) < 4.78 is 0. The zero-order chi connectivity index (χ0) is 15.4. The summed E-state index contributed by atoms with van der Waals surface area (Å²) in [5.74, 6) is 0.114. The number of aromatic nitrogens is 2. The molecular formula is C17H17N3OS. The third kappa shape index (κ3) is 3.26. The smallest absolute Gasteiger partial charge is 0.271 e. The molecule has 1 aromatic carbocycles. The van der Waals surface area contributed by atoms with E-state index in [4.69, 9.17) is 0 Å². The second-order valence-electron chi connectivity index (χ2n) is 5.17. The van der Waals surface area contributed by atoms with E-state index in [-0.39, 0.29) is 11.8 Å². The second kappa shape index (κ2) is 6.58. The molecule has 22 heavy (non-hydrogen) atoms. The highest BCUT2D eigenvalue weighted by atomic mass is 32.1. The molecular weight excluding hydrogens is 294 g/mol. The van der Waals surface area contributed by atoms with E-state index in [2.05, 4.69) is 34.6 Å². The summed E-state index contributed by atoms with van der Waals surface area (Å²) >= 11 is 1.61. The van der Waals surface area contributed by atoms with Gasteiger partial charge in [-0.3, -0.25) is 9.89 Å². The van der Waals surface area contributed by atoms with Gasteiger partial charge < -0.3 is 5.32 Å². The summed E-state index contributed by atoms with van der Waals surface area (Å²) in [5, 5.41) is 11.9. The van der Waals surface area contributed by atoms with Crippen LogP contribution in [0.4, 0.5) is 0 Å². The van der Waals surface area contributed by atoms with Gasteiger partial charge in [0.2, 0.25) is 0 Å². The first-order chi connectivity index (χ1) is 10.7. The first kappa shape index (κ1) is 14.5. The number of carbonyl (C=O) groups excluding carboxylic acids is 1. The van der Waals surface area contributed by atoms with E-state index in [9.17, 15) is 4.79 Å². The molecule has 2 aromatic heterocycles. The van der Waals surface area contributed by atoms with Crippen molar-refractivity contribution in [1.29, 1.82) is 0 Å². The number of nitrogens with zero attached hydrogens (tertiary/aromatic N) is 1. The molecule has 0 radical (unpaired) electrons. The van der Waals surface area contributed by atoms with Crippen molar-refractivity contribution in [3.63, 3.8) is 0 Å². The molecule has 4 nitrogen and oxygen atoms in total. The maximum atomic E-state index is 12.2. The van der Waals surface area contributed by atoms with Crippen LogP contribution in [-0.2, 0) is 0 Å². The zero-order valence-corrected chi connectivity index (χ0v) is 13.1. The molecule has 2 heterocycles. The Balaban J connectivity index is 1.61. The molecule has 0 aliphatic rings. The van der Waals surface area contributed by atoms with Gasteiger partial charge in [0.1, 0.15) is 0 Å². The lowest BCUT2D eigenvalue weighted by molar-refractivity contribution is 0.0946. The van der Waals surface area contributed by atoms with Crippen molar-refractivity contribution >= 4 is 17.2 Å². The van der Waals surface area contributed by atoms with E-state index in [1.54, 1.807) is 17.4 Å². The van der Waals surface area contributed by atoms with Crippen LogP contribution >= 0.6 is 11.3 Å². The number of thiophene rings is 1. The van der Waals surface area contributed by atoms with Crippen molar-refractivity contribution in [2.45, 2.75) is 12.8 Å². The van der Waals surface area contributed by atoms with Gasteiger partial charge in [-0.25, -0.2) is 0 Å². The lowest BCUT2D eigenvalue weighted by atomic mass is 10.0. The Hall–Kier alpha value is -2.40. The van der Waals surface area contributed by atoms with Crippen molar-refractivity contribution in [1.82, 2.24) is 15.5 Å². The number of rotatable bonds is 5. The van der Waals surface area contributed by atoms with Crippen LogP contribution in [0.2, 0.25) is 0 Å². The largest absolute Gasteiger partial charge is 0.350 e. The fraction of sp³-hybridized carbons (Fsp3) is 0.176. The van der Waals surface area contributed by atoms with Crippen LogP contribution in [0.3, 0.4) is 0 Å². The van der Waals surface area contributed by atoms with Crippen LogP contribution in [0.5, 0.6) is 0 Å². The van der Waals surface area contributed by atoms with E-state index < -0.39 is 0 Å². The highest BCUT2D eigenvalue weighted by molar-refractivity contribution is 7.13. The van der Waals surface area contributed by atoms with E-state index in [1.807, 2.05) is 35.7 Å². The Bertz CT molecular complexity index is 734. The first-order valence-electron chi connectivity index (χ1n) is 7.16. The number of hydrogen-bond acceptors (Lipinski definition) is 3. The quantitative estimate of drug-likeness (QED) is 0.755. The number of benzene rings is 1. The SMILES string of the molecule is CC(CNC(=O)c1cc(-c2cccs2)[nH]n1)c1ccccc1. The molecule has 3 aromatic rings.